The van der Waals surface area contributed by atoms with Crippen LogP contribution in [0.15, 0.2) is 54.6 Å². The molecule has 9 heteroatoms. The molecule has 0 saturated carbocycles. The number of amides is 3. The van der Waals surface area contributed by atoms with Gasteiger partial charge in [0.2, 0.25) is 5.91 Å². The normalized spacial score (nSPS) is 10.5. The summed E-state index contributed by atoms with van der Waals surface area (Å²) in [4.78, 5) is 36.6. The Balaban J connectivity index is 1.46. The van der Waals surface area contributed by atoms with Crippen molar-refractivity contribution < 1.29 is 18.8 Å². The maximum atomic E-state index is 13.2. The number of aromatic nitrogens is 1. The average Bonchev–Trinajstić information content (AvgIpc) is 3.10. The van der Waals surface area contributed by atoms with Gasteiger partial charge in [0.25, 0.3) is 11.8 Å². The zero-order chi connectivity index (χ0) is 24.0. The van der Waals surface area contributed by atoms with Crippen molar-refractivity contribution in [3.8, 4) is 5.69 Å². The van der Waals surface area contributed by atoms with Crippen molar-refractivity contribution in [2.75, 3.05) is 6.54 Å². The molecule has 0 radical (unpaired) electrons. The molecule has 1 heterocycles. The molecule has 1 aromatic heterocycles. The summed E-state index contributed by atoms with van der Waals surface area (Å²) < 4.78 is 15.0. The summed E-state index contributed by atoms with van der Waals surface area (Å²) in [7, 11) is 0. The van der Waals surface area contributed by atoms with Crippen molar-refractivity contribution >= 4 is 29.3 Å². The molecule has 0 aliphatic heterocycles. The minimum absolute atomic E-state index is 0.121. The second kappa shape index (κ2) is 10.8. The van der Waals surface area contributed by atoms with E-state index in [-0.39, 0.29) is 24.1 Å². The fraction of sp³-hybridized carbons (Fsp3) is 0.208. The Hall–Kier alpha value is -3.65. The number of nitrogens with zero attached hydrogens (tertiary/aromatic N) is 1. The molecule has 3 aromatic rings. The van der Waals surface area contributed by atoms with E-state index in [1.165, 1.54) is 12.1 Å². The first kappa shape index (κ1) is 24.0. The second-order valence-electron chi connectivity index (χ2n) is 7.47. The van der Waals surface area contributed by atoms with E-state index in [0.717, 1.165) is 11.4 Å². The standard InChI is InChI=1S/C24H24ClFN4O3/c1-15-14-21(16(2)30(15)20-11-9-19(26)10-12-20)24(33)29-28-22(31)4-3-13-27-23(32)17-5-7-18(25)8-6-17/h5-12,14H,3-4,13H2,1-2H3,(H,27,32)(H,28,31)(H,29,33). The Kier molecular flexibility index (Phi) is 7.84. The minimum Gasteiger partial charge on any atom is -0.352 e. The molecular weight excluding hydrogens is 447 g/mol. The summed E-state index contributed by atoms with van der Waals surface area (Å²) in [5.41, 5.74) is 7.86. The molecule has 0 atom stereocenters. The predicted octanol–water partition coefficient (Wildman–Crippen LogP) is 3.86. The lowest BCUT2D eigenvalue weighted by molar-refractivity contribution is -0.121. The minimum atomic E-state index is -0.458. The molecule has 0 saturated heterocycles. The summed E-state index contributed by atoms with van der Waals surface area (Å²) in [5, 5.41) is 3.27. The van der Waals surface area contributed by atoms with Crippen molar-refractivity contribution in [2.45, 2.75) is 26.7 Å². The summed E-state index contributed by atoms with van der Waals surface area (Å²) in [6.45, 7) is 3.92. The lowest BCUT2D eigenvalue weighted by Gasteiger charge is -2.11. The molecule has 0 unspecified atom stereocenters. The molecule has 0 spiro atoms. The second-order valence-corrected chi connectivity index (χ2v) is 7.90. The van der Waals surface area contributed by atoms with Crippen LogP contribution in [0.1, 0.15) is 44.9 Å². The highest BCUT2D eigenvalue weighted by molar-refractivity contribution is 6.30. The van der Waals surface area contributed by atoms with E-state index in [0.29, 0.717) is 34.8 Å². The van der Waals surface area contributed by atoms with Crippen LogP contribution >= 0.6 is 11.6 Å². The molecular formula is C24H24ClFN4O3. The summed E-state index contributed by atoms with van der Waals surface area (Å²) in [6.07, 6.45) is 0.524. The van der Waals surface area contributed by atoms with E-state index in [4.69, 9.17) is 11.6 Å². The molecule has 3 rings (SSSR count). The first-order valence-electron chi connectivity index (χ1n) is 10.3. The van der Waals surface area contributed by atoms with Gasteiger partial charge in [-0.2, -0.15) is 0 Å². The molecule has 2 aromatic carbocycles. The third-order valence-corrected chi connectivity index (χ3v) is 5.30. The van der Waals surface area contributed by atoms with Crippen molar-refractivity contribution in [3.05, 3.63) is 88.0 Å². The SMILES string of the molecule is Cc1cc(C(=O)NNC(=O)CCCNC(=O)c2ccc(Cl)cc2)c(C)n1-c1ccc(F)cc1. The number of carbonyl (C=O) groups is 3. The van der Waals surface area contributed by atoms with Crippen LogP contribution in [-0.4, -0.2) is 28.8 Å². The Morgan fingerprint density at radius 3 is 2.27 bits per heavy atom. The fourth-order valence-corrected chi connectivity index (χ4v) is 3.52. The van der Waals surface area contributed by atoms with Gasteiger partial charge >= 0.3 is 0 Å². The Bertz CT molecular complexity index is 1160. The molecule has 7 nitrogen and oxygen atoms in total. The lowest BCUT2D eigenvalue weighted by atomic mass is 10.2. The largest absolute Gasteiger partial charge is 0.352 e. The Morgan fingerprint density at radius 1 is 0.939 bits per heavy atom. The van der Waals surface area contributed by atoms with Crippen LogP contribution < -0.4 is 16.2 Å². The van der Waals surface area contributed by atoms with Gasteiger partial charge in [-0.3, -0.25) is 25.2 Å². The quantitative estimate of drug-likeness (QED) is 0.361. The third-order valence-electron chi connectivity index (χ3n) is 5.05. The highest BCUT2D eigenvalue weighted by atomic mass is 35.5. The number of benzene rings is 2. The van der Waals surface area contributed by atoms with E-state index in [9.17, 15) is 18.8 Å². The number of hydrogen-bond acceptors (Lipinski definition) is 3. The monoisotopic (exact) mass is 470 g/mol. The van der Waals surface area contributed by atoms with Crippen molar-refractivity contribution in [3.63, 3.8) is 0 Å². The third kappa shape index (κ3) is 6.20. The lowest BCUT2D eigenvalue weighted by Crippen LogP contribution is -2.42. The maximum absolute atomic E-state index is 13.2. The Labute approximate surface area is 195 Å². The summed E-state index contributed by atoms with van der Waals surface area (Å²) in [5.74, 6) is -1.43. The van der Waals surface area contributed by atoms with Crippen molar-refractivity contribution in [1.82, 2.24) is 20.7 Å². The first-order chi connectivity index (χ1) is 15.8. The van der Waals surface area contributed by atoms with Gasteiger partial charge in [-0.15, -0.1) is 0 Å². The number of hydrazine groups is 1. The van der Waals surface area contributed by atoms with Crippen molar-refractivity contribution in [2.24, 2.45) is 0 Å². The number of carbonyl (C=O) groups excluding carboxylic acids is 3. The van der Waals surface area contributed by atoms with Crippen LogP contribution in [0.2, 0.25) is 5.02 Å². The van der Waals surface area contributed by atoms with Crippen LogP contribution in [0.4, 0.5) is 4.39 Å². The van der Waals surface area contributed by atoms with Crippen LogP contribution in [-0.2, 0) is 4.79 Å². The van der Waals surface area contributed by atoms with E-state index < -0.39 is 5.91 Å². The molecule has 3 N–H and O–H groups in total. The predicted molar refractivity (Wildman–Crippen MR) is 124 cm³/mol. The average molecular weight is 471 g/mol. The van der Waals surface area contributed by atoms with Gasteiger partial charge in [0.05, 0.1) is 5.56 Å². The molecule has 172 valence electrons. The molecule has 0 bridgehead atoms. The van der Waals surface area contributed by atoms with Gasteiger partial charge in [0.15, 0.2) is 0 Å². The van der Waals surface area contributed by atoms with Crippen LogP contribution in [0.5, 0.6) is 0 Å². The van der Waals surface area contributed by atoms with Crippen molar-refractivity contribution in [1.29, 1.82) is 0 Å². The van der Waals surface area contributed by atoms with Crippen LogP contribution in [0.3, 0.4) is 0 Å². The smallest absolute Gasteiger partial charge is 0.271 e. The summed E-state index contributed by atoms with van der Waals surface area (Å²) >= 11 is 5.80. The highest BCUT2D eigenvalue weighted by Gasteiger charge is 2.17. The molecule has 0 fully saturated rings. The molecule has 0 aliphatic carbocycles. The van der Waals surface area contributed by atoms with E-state index in [2.05, 4.69) is 16.2 Å². The van der Waals surface area contributed by atoms with Gasteiger partial charge in [-0.25, -0.2) is 4.39 Å². The first-order valence-corrected chi connectivity index (χ1v) is 10.7. The van der Waals surface area contributed by atoms with Gasteiger partial charge in [0.1, 0.15) is 5.82 Å². The number of halogens is 2. The molecule has 3 amide bonds. The van der Waals surface area contributed by atoms with E-state index in [1.54, 1.807) is 49.4 Å². The molecule has 33 heavy (non-hydrogen) atoms. The van der Waals surface area contributed by atoms with Gasteiger partial charge in [-0.1, -0.05) is 11.6 Å². The van der Waals surface area contributed by atoms with Gasteiger partial charge in [0, 0.05) is 40.6 Å². The number of hydrogen-bond donors (Lipinski definition) is 3. The number of rotatable bonds is 7. The van der Waals surface area contributed by atoms with Gasteiger partial charge in [-0.05, 0) is 74.9 Å². The number of nitrogens with one attached hydrogen (secondary N) is 3. The van der Waals surface area contributed by atoms with Crippen LogP contribution in [0, 0.1) is 19.7 Å². The summed E-state index contributed by atoms with van der Waals surface area (Å²) in [6, 6.07) is 14.2. The van der Waals surface area contributed by atoms with E-state index in [1.807, 2.05) is 11.5 Å². The zero-order valence-corrected chi connectivity index (χ0v) is 19.0. The van der Waals surface area contributed by atoms with Crippen LogP contribution in [0.25, 0.3) is 5.69 Å². The van der Waals surface area contributed by atoms with Gasteiger partial charge < -0.3 is 9.88 Å². The maximum Gasteiger partial charge on any atom is 0.271 e. The topological polar surface area (TPSA) is 92.2 Å². The Morgan fingerprint density at radius 2 is 1.61 bits per heavy atom. The fourth-order valence-electron chi connectivity index (χ4n) is 3.39. The zero-order valence-electron chi connectivity index (χ0n) is 18.2. The molecule has 0 aliphatic rings. The van der Waals surface area contributed by atoms with E-state index >= 15 is 0 Å². The highest BCUT2D eigenvalue weighted by Crippen LogP contribution is 2.21. The number of aryl methyl sites for hydroxylation is 1.